The summed E-state index contributed by atoms with van der Waals surface area (Å²) >= 11 is 0. The third-order valence-electron chi connectivity index (χ3n) is 6.42. The molecule has 33 heavy (non-hydrogen) atoms. The number of nitrogens with zero attached hydrogens (tertiary/aromatic N) is 3. The first kappa shape index (κ1) is 21.5. The molecule has 0 saturated carbocycles. The second kappa shape index (κ2) is 8.20. The maximum atomic E-state index is 15.0. The summed E-state index contributed by atoms with van der Waals surface area (Å²) in [5.41, 5.74) is 3.39. The van der Waals surface area contributed by atoms with E-state index in [4.69, 9.17) is 0 Å². The van der Waals surface area contributed by atoms with Gasteiger partial charge in [-0.15, -0.1) is 0 Å². The summed E-state index contributed by atoms with van der Waals surface area (Å²) in [6, 6.07) is 24.6. The number of amides is 2. The molecule has 3 aromatic carbocycles. The Morgan fingerprint density at radius 1 is 0.697 bits per heavy atom. The van der Waals surface area contributed by atoms with Crippen LogP contribution in [0.5, 0.6) is 0 Å². The average Bonchev–Trinajstić information content (AvgIpc) is 3.32. The molecule has 2 aliphatic rings. The van der Waals surface area contributed by atoms with E-state index < -0.39 is 19.0 Å². The van der Waals surface area contributed by atoms with Crippen LogP contribution in [0.25, 0.3) is 0 Å². The van der Waals surface area contributed by atoms with E-state index in [1.54, 1.807) is 24.3 Å². The molecule has 0 spiro atoms. The standard InChI is InChI=1S/C26H26N3O3P/c1-19-8-12-21(13-9-19)27-16-17-28(22-14-10-20(2)11-15-22)33(27,32)24-18-25(30)29(26(24)31)23-6-4-3-5-7-23/h3-15,24H,16-18H2,1-2H3. The third-order valence-corrected chi connectivity index (χ3v) is 9.88. The number of carbonyl (C=O) groups excluding carboxylic acids is 2. The van der Waals surface area contributed by atoms with Crippen LogP contribution in [-0.4, -0.2) is 30.6 Å². The maximum Gasteiger partial charge on any atom is 0.275 e. The van der Waals surface area contributed by atoms with E-state index in [1.807, 2.05) is 77.8 Å². The Balaban J connectivity index is 1.60. The average molecular weight is 459 g/mol. The highest BCUT2D eigenvalue weighted by molar-refractivity contribution is 7.69. The van der Waals surface area contributed by atoms with Crippen molar-refractivity contribution >= 4 is 36.3 Å². The molecule has 5 rings (SSSR count). The van der Waals surface area contributed by atoms with Crippen LogP contribution in [0.3, 0.4) is 0 Å². The number of aryl methyl sites for hydroxylation is 2. The molecule has 1 atom stereocenters. The zero-order valence-corrected chi connectivity index (χ0v) is 19.6. The zero-order chi connectivity index (χ0) is 23.2. The van der Waals surface area contributed by atoms with Gasteiger partial charge in [0.05, 0.1) is 5.69 Å². The SMILES string of the molecule is Cc1ccc(N2CCN(c3ccc(C)cc3)P2(=O)C2CC(=O)N(c3ccccc3)C2=O)cc1. The molecule has 0 N–H and O–H groups in total. The Kier molecular flexibility index (Phi) is 5.34. The second-order valence-corrected chi connectivity index (χ2v) is 11.4. The molecule has 2 amide bonds. The number of hydrogen-bond donors (Lipinski definition) is 0. The fourth-order valence-electron chi connectivity index (χ4n) is 4.69. The molecule has 2 aliphatic heterocycles. The Morgan fingerprint density at radius 2 is 1.18 bits per heavy atom. The molecule has 0 radical (unpaired) electrons. The predicted octanol–water partition coefficient (Wildman–Crippen LogP) is 5.16. The summed E-state index contributed by atoms with van der Waals surface area (Å²) in [5, 5.41) is 0. The first-order chi connectivity index (χ1) is 15.9. The minimum Gasteiger partial charge on any atom is -0.304 e. The van der Waals surface area contributed by atoms with E-state index in [-0.39, 0.29) is 12.3 Å². The lowest BCUT2D eigenvalue weighted by Crippen LogP contribution is -2.36. The lowest BCUT2D eigenvalue weighted by atomic mass is 10.2. The number of hydrogen-bond acceptors (Lipinski definition) is 3. The fourth-order valence-corrected chi connectivity index (χ4v) is 8.10. The van der Waals surface area contributed by atoms with Crippen molar-refractivity contribution in [3.05, 3.63) is 90.0 Å². The molecule has 2 saturated heterocycles. The van der Waals surface area contributed by atoms with E-state index in [9.17, 15) is 9.59 Å². The van der Waals surface area contributed by atoms with Crippen LogP contribution < -0.4 is 14.2 Å². The van der Waals surface area contributed by atoms with Crippen molar-refractivity contribution < 1.29 is 14.2 Å². The van der Waals surface area contributed by atoms with Gasteiger partial charge in [-0.05, 0) is 50.2 Å². The molecule has 1 unspecified atom stereocenters. The number of carbonyl (C=O) groups is 2. The van der Waals surface area contributed by atoms with Gasteiger partial charge in [-0.2, -0.15) is 0 Å². The van der Waals surface area contributed by atoms with Crippen LogP contribution in [0.4, 0.5) is 17.1 Å². The first-order valence-corrected chi connectivity index (χ1v) is 12.8. The highest BCUT2D eigenvalue weighted by Gasteiger charge is 2.57. The van der Waals surface area contributed by atoms with Crippen LogP contribution in [0.1, 0.15) is 17.5 Å². The highest BCUT2D eigenvalue weighted by Crippen LogP contribution is 2.65. The van der Waals surface area contributed by atoms with Gasteiger partial charge in [-0.3, -0.25) is 14.2 Å². The summed E-state index contributed by atoms with van der Waals surface area (Å²) in [4.78, 5) is 27.9. The molecule has 6 nitrogen and oxygen atoms in total. The molecule has 2 fully saturated rings. The van der Waals surface area contributed by atoms with Gasteiger partial charge < -0.3 is 9.34 Å². The number of benzene rings is 3. The quantitative estimate of drug-likeness (QED) is 0.399. The summed E-state index contributed by atoms with van der Waals surface area (Å²) in [6.45, 7) is 5.03. The van der Waals surface area contributed by atoms with Crippen LogP contribution in [-0.2, 0) is 14.2 Å². The second-order valence-electron chi connectivity index (χ2n) is 8.63. The van der Waals surface area contributed by atoms with Crippen LogP contribution in [0.2, 0.25) is 0 Å². The molecule has 0 aliphatic carbocycles. The van der Waals surface area contributed by atoms with Gasteiger partial charge >= 0.3 is 0 Å². The summed E-state index contributed by atoms with van der Waals surface area (Å²) in [6.07, 6.45) is -0.0737. The van der Waals surface area contributed by atoms with Gasteiger partial charge in [-0.1, -0.05) is 53.6 Å². The van der Waals surface area contributed by atoms with Crippen molar-refractivity contribution in [1.29, 1.82) is 0 Å². The van der Waals surface area contributed by atoms with Gasteiger partial charge in [-0.25, -0.2) is 4.90 Å². The normalized spacial score (nSPS) is 20.1. The highest BCUT2D eigenvalue weighted by atomic mass is 31.2. The molecule has 2 heterocycles. The van der Waals surface area contributed by atoms with Gasteiger partial charge in [0.2, 0.25) is 11.8 Å². The van der Waals surface area contributed by atoms with Gasteiger partial charge in [0.25, 0.3) is 7.44 Å². The topological polar surface area (TPSA) is 60.9 Å². The minimum atomic E-state index is -3.51. The molecule has 3 aromatic rings. The van der Waals surface area contributed by atoms with E-state index >= 15 is 4.57 Å². The summed E-state index contributed by atoms with van der Waals surface area (Å²) < 4.78 is 18.7. The minimum absolute atomic E-state index is 0.0737. The monoisotopic (exact) mass is 459 g/mol. The molecule has 0 aromatic heterocycles. The molecule has 0 bridgehead atoms. The van der Waals surface area contributed by atoms with Gasteiger partial charge in [0.15, 0.2) is 0 Å². The van der Waals surface area contributed by atoms with Crippen LogP contribution in [0.15, 0.2) is 78.9 Å². The van der Waals surface area contributed by atoms with E-state index in [0.29, 0.717) is 18.8 Å². The van der Waals surface area contributed by atoms with Crippen molar-refractivity contribution in [3.8, 4) is 0 Å². The largest absolute Gasteiger partial charge is 0.304 e. The van der Waals surface area contributed by atoms with E-state index in [2.05, 4.69) is 0 Å². The van der Waals surface area contributed by atoms with Crippen molar-refractivity contribution in [2.75, 3.05) is 27.3 Å². The number of imide groups is 1. The molecular formula is C26H26N3O3P. The lowest BCUT2D eigenvalue weighted by Gasteiger charge is -2.35. The van der Waals surface area contributed by atoms with E-state index in [0.717, 1.165) is 22.5 Å². The van der Waals surface area contributed by atoms with Crippen molar-refractivity contribution in [3.63, 3.8) is 0 Å². The summed E-state index contributed by atoms with van der Waals surface area (Å²) in [5.74, 6) is -0.711. The Morgan fingerprint density at radius 3 is 1.67 bits per heavy atom. The number of para-hydroxylation sites is 1. The van der Waals surface area contributed by atoms with Gasteiger partial charge in [0, 0.05) is 30.9 Å². The molecule has 7 heteroatoms. The molecule has 168 valence electrons. The van der Waals surface area contributed by atoms with Gasteiger partial charge in [0.1, 0.15) is 5.66 Å². The first-order valence-electron chi connectivity index (χ1n) is 11.1. The Bertz CT molecular complexity index is 1180. The summed E-state index contributed by atoms with van der Waals surface area (Å²) in [7, 11) is -3.51. The lowest BCUT2D eigenvalue weighted by molar-refractivity contribution is -0.121. The third kappa shape index (κ3) is 3.55. The number of anilines is 3. The van der Waals surface area contributed by atoms with Crippen molar-refractivity contribution in [2.45, 2.75) is 25.9 Å². The van der Waals surface area contributed by atoms with Crippen LogP contribution in [0, 0.1) is 13.8 Å². The fraction of sp³-hybridized carbons (Fsp3) is 0.231. The molecular weight excluding hydrogens is 433 g/mol. The smallest absolute Gasteiger partial charge is 0.275 e. The Hall–Kier alpha value is -3.37. The Labute approximate surface area is 193 Å². The zero-order valence-electron chi connectivity index (χ0n) is 18.7. The van der Waals surface area contributed by atoms with Crippen LogP contribution >= 0.6 is 7.44 Å². The number of rotatable bonds is 4. The van der Waals surface area contributed by atoms with Crippen molar-refractivity contribution in [2.24, 2.45) is 0 Å². The van der Waals surface area contributed by atoms with E-state index in [1.165, 1.54) is 4.90 Å². The maximum absolute atomic E-state index is 15.0. The predicted molar refractivity (Wildman–Crippen MR) is 132 cm³/mol. The van der Waals surface area contributed by atoms with Crippen molar-refractivity contribution in [1.82, 2.24) is 0 Å².